The minimum absolute atomic E-state index is 0.652. The molecule has 1 heterocycles. The lowest BCUT2D eigenvalue weighted by Gasteiger charge is -2.34. The van der Waals surface area contributed by atoms with Crippen LogP contribution in [-0.4, -0.2) is 23.5 Å². The monoisotopic (exact) mass is 223 g/mol. The van der Waals surface area contributed by atoms with Crippen molar-refractivity contribution in [2.24, 2.45) is 0 Å². The molecule has 1 unspecified atom stereocenters. The van der Waals surface area contributed by atoms with Gasteiger partial charge in [0.1, 0.15) is 0 Å². The predicted octanol–water partition coefficient (Wildman–Crippen LogP) is 3.28. The van der Waals surface area contributed by atoms with E-state index in [4.69, 9.17) is 11.6 Å². The van der Waals surface area contributed by atoms with Crippen LogP contribution in [0.4, 0.5) is 0 Å². The molecule has 1 fully saturated rings. The SMILES string of the molecule is ClCN1CCCCC1Cc1ccccc1. The molecule has 1 atom stereocenters. The smallest absolute Gasteiger partial charge is 0.0740 e. The number of likely N-dealkylation sites (tertiary alicyclic amines) is 1. The Morgan fingerprint density at radius 2 is 2.00 bits per heavy atom. The van der Waals surface area contributed by atoms with Crippen molar-refractivity contribution >= 4 is 11.6 Å². The van der Waals surface area contributed by atoms with Gasteiger partial charge in [-0.2, -0.15) is 0 Å². The van der Waals surface area contributed by atoms with E-state index in [1.165, 1.54) is 31.4 Å². The number of piperidine rings is 1. The van der Waals surface area contributed by atoms with Crippen molar-refractivity contribution in [3.05, 3.63) is 35.9 Å². The fourth-order valence-corrected chi connectivity index (χ4v) is 2.65. The minimum Gasteiger partial charge on any atom is -0.287 e. The van der Waals surface area contributed by atoms with E-state index in [0.29, 0.717) is 12.0 Å². The summed E-state index contributed by atoms with van der Waals surface area (Å²) < 4.78 is 0. The van der Waals surface area contributed by atoms with Gasteiger partial charge in [-0.25, -0.2) is 0 Å². The second-order valence-electron chi connectivity index (χ2n) is 4.27. The first-order valence-electron chi connectivity index (χ1n) is 5.74. The van der Waals surface area contributed by atoms with Gasteiger partial charge in [-0.3, -0.25) is 4.90 Å². The molecule has 0 spiro atoms. The molecule has 1 nitrogen and oxygen atoms in total. The van der Waals surface area contributed by atoms with Crippen LogP contribution >= 0.6 is 11.6 Å². The van der Waals surface area contributed by atoms with Gasteiger partial charge in [-0.1, -0.05) is 36.8 Å². The zero-order valence-corrected chi connectivity index (χ0v) is 9.79. The topological polar surface area (TPSA) is 3.24 Å². The van der Waals surface area contributed by atoms with E-state index in [1.54, 1.807) is 0 Å². The predicted molar refractivity (Wildman–Crippen MR) is 65.2 cm³/mol. The summed E-state index contributed by atoms with van der Waals surface area (Å²) >= 11 is 5.97. The van der Waals surface area contributed by atoms with Crippen LogP contribution in [0.2, 0.25) is 0 Å². The quantitative estimate of drug-likeness (QED) is 0.562. The number of alkyl halides is 1. The standard InChI is InChI=1S/C13H18ClN/c14-11-15-9-5-4-8-13(15)10-12-6-2-1-3-7-12/h1-3,6-7,13H,4-5,8-11H2. The van der Waals surface area contributed by atoms with E-state index in [1.807, 2.05) is 0 Å². The van der Waals surface area contributed by atoms with Crippen LogP contribution in [0.15, 0.2) is 30.3 Å². The lowest BCUT2D eigenvalue weighted by Crippen LogP contribution is -2.39. The molecule has 1 aromatic rings. The molecule has 0 amide bonds. The first kappa shape index (κ1) is 11.0. The molecule has 0 N–H and O–H groups in total. The Morgan fingerprint density at radius 3 is 2.73 bits per heavy atom. The van der Waals surface area contributed by atoms with Crippen LogP contribution in [0.3, 0.4) is 0 Å². The third kappa shape index (κ3) is 2.96. The first-order valence-corrected chi connectivity index (χ1v) is 6.27. The highest BCUT2D eigenvalue weighted by Gasteiger charge is 2.21. The molecule has 0 saturated carbocycles. The van der Waals surface area contributed by atoms with E-state index in [9.17, 15) is 0 Å². The molecule has 0 radical (unpaired) electrons. The summed E-state index contributed by atoms with van der Waals surface area (Å²) in [4.78, 5) is 2.40. The highest BCUT2D eigenvalue weighted by molar-refractivity contribution is 6.17. The number of hydrogen-bond acceptors (Lipinski definition) is 1. The van der Waals surface area contributed by atoms with Crippen molar-refractivity contribution < 1.29 is 0 Å². The molecule has 15 heavy (non-hydrogen) atoms. The molecule has 1 aromatic carbocycles. The molecule has 0 aromatic heterocycles. The second kappa shape index (κ2) is 5.53. The van der Waals surface area contributed by atoms with Crippen LogP contribution in [-0.2, 0) is 6.42 Å². The Kier molecular flexibility index (Phi) is 4.04. The maximum atomic E-state index is 5.97. The summed E-state index contributed by atoms with van der Waals surface area (Å²) in [6.07, 6.45) is 5.10. The lowest BCUT2D eigenvalue weighted by atomic mass is 9.96. The van der Waals surface area contributed by atoms with Gasteiger partial charge < -0.3 is 0 Å². The second-order valence-corrected chi connectivity index (χ2v) is 4.51. The van der Waals surface area contributed by atoms with Gasteiger partial charge >= 0.3 is 0 Å². The summed E-state index contributed by atoms with van der Waals surface area (Å²) in [6.45, 7) is 1.17. The first-order chi connectivity index (χ1) is 7.40. The average Bonchev–Trinajstić information content (AvgIpc) is 2.31. The molecule has 0 aliphatic carbocycles. The number of benzene rings is 1. The van der Waals surface area contributed by atoms with Gasteiger partial charge in [-0.15, -0.1) is 11.6 Å². The summed E-state index contributed by atoms with van der Waals surface area (Å²) in [6, 6.07) is 12.0. The van der Waals surface area contributed by atoms with Crippen molar-refractivity contribution in [2.75, 3.05) is 12.5 Å². The maximum Gasteiger partial charge on any atom is 0.0740 e. The molecule has 1 saturated heterocycles. The van der Waals surface area contributed by atoms with Gasteiger partial charge in [0.05, 0.1) is 6.00 Å². The van der Waals surface area contributed by atoms with Crippen LogP contribution in [0.1, 0.15) is 24.8 Å². The van der Waals surface area contributed by atoms with E-state index in [0.717, 1.165) is 6.42 Å². The van der Waals surface area contributed by atoms with Crippen molar-refractivity contribution in [3.8, 4) is 0 Å². The fraction of sp³-hybridized carbons (Fsp3) is 0.538. The molecule has 1 aliphatic heterocycles. The molecule has 1 aliphatic rings. The molecular formula is C13H18ClN. The highest BCUT2D eigenvalue weighted by Crippen LogP contribution is 2.20. The highest BCUT2D eigenvalue weighted by atomic mass is 35.5. The molecule has 2 rings (SSSR count). The summed E-state index contributed by atoms with van der Waals surface area (Å²) in [5.41, 5.74) is 1.43. The van der Waals surface area contributed by atoms with Crippen LogP contribution in [0.25, 0.3) is 0 Å². The van der Waals surface area contributed by atoms with Crippen molar-refractivity contribution in [2.45, 2.75) is 31.7 Å². The van der Waals surface area contributed by atoms with Crippen molar-refractivity contribution in [1.82, 2.24) is 4.90 Å². The lowest BCUT2D eigenvalue weighted by molar-refractivity contribution is 0.174. The van der Waals surface area contributed by atoms with E-state index in [-0.39, 0.29) is 0 Å². The van der Waals surface area contributed by atoms with E-state index >= 15 is 0 Å². The normalized spacial score (nSPS) is 22.9. The zero-order valence-electron chi connectivity index (χ0n) is 9.03. The third-order valence-corrected chi connectivity index (χ3v) is 3.52. The number of hydrogen-bond donors (Lipinski definition) is 0. The van der Waals surface area contributed by atoms with Gasteiger partial charge in [0.2, 0.25) is 0 Å². The van der Waals surface area contributed by atoms with Crippen molar-refractivity contribution in [3.63, 3.8) is 0 Å². The largest absolute Gasteiger partial charge is 0.287 e. The Bertz CT molecular complexity index is 286. The van der Waals surface area contributed by atoms with Gasteiger partial charge in [-0.05, 0) is 31.4 Å². The van der Waals surface area contributed by atoms with E-state index in [2.05, 4.69) is 35.2 Å². The Morgan fingerprint density at radius 1 is 1.20 bits per heavy atom. The van der Waals surface area contributed by atoms with E-state index < -0.39 is 0 Å². The molecule has 82 valence electrons. The summed E-state index contributed by atoms with van der Waals surface area (Å²) in [7, 11) is 0. The van der Waals surface area contributed by atoms with Crippen LogP contribution < -0.4 is 0 Å². The zero-order chi connectivity index (χ0) is 10.5. The van der Waals surface area contributed by atoms with Gasteiger partial charge in [0, 0.05) is 6.04 Å². The molecule has 2 heteroatoms. The Hall–Kier alpha value is -0.530. The third-order valence-electron chi connectivity index (χ3n) is 3.22. The fourth-order valence-electron chi connectivity index (χ4n) is 2.33. The Labute approximate surface area is 97.0 Å². The summed E-state index contributed by atoms with van der Waals surface area (Å²) in [5.74, 6) is 0. The van der Waals surface area contributed by atoms with Crippen molar-refractivity contribution in [1.29, 1.82) is 0 Å². The average molecular weight is 224 g/mol. The minimum atomic E-state index is 0.652. The molecule has 0 bridgehead atoms. The summed E-state index contributed by atoms with van der Waals surface area (Å²) in [5, 5.41) is 0. The van der Waals surface area contributed by atoms with Crippen LogP contribution in [0, 0.1) is 0 Å². The Balaban J connectivity index is 1.97. The number of halogens is 1. The van der Waals surface area contributed by atoms with Crippen LogP contribution in [0.5, 0.6) is 0 Å². The molecular weight excluding hydrogens is 206 g/mol. The number of nitrogens with zero attached hydrogens (tertiary/aromatic N) is 1. The maximum absolute atomic E-state index is 5.97. The van der Waals surface area contributed by atoms with Gasteiger partial charge in [0.25, 0.3) is 0 Å². The van der Waals surface area contributed by atoms with Gasteiger partial charge in [0.15, 0.2) is 0 Å². The number of rotatable bonds is 3.